The van der Waals surface area contributed by atoms with Crippen LogP contribution in [0.15, 0.2) is 0 Å². The smallest absolute Gasteiger partial charge is 0.325 e. The number of aliphatic carboxylic acids is 1. The molecule has 1 rings (SSSR count). The van der Waals surface area contributed by atoms with Gasteiger partial charge < -0.3 is 15.7 Å². The van der Waals surface area contributed by atoms with Crippen molar-refractivity contribution in [3.8, 4) is 0 Å². The molecule has 0 aromatic rings. The summed E-state index contributed by atoms with van der Waals surface area (Å²) in [6.07, 6.45) is 6.28. The number of carboxylic acids is 1. The third-order valence-corrected chi connectivity index (χ3v) is 4.20. The number of nitrogens with one attached hydrogen (secondary N) is 2. The van der Waals surface area contributed by atoms with Crippen molar-refractivity contribution in [2.24, 2.45) is 0 Å². The lowest BCUT2D eigenvalue weighted by Crippen LogP contribution is -2.48. The van der Waals surface area contributed by atoms with E-state index in [1.807, 2.05) is 11.8 Å². The first-order chi connectivity index (χ1) is 8.02. The van der Waals surface area contributed by atoms with Crippen LogP contribution in [0, 0.1) is 0 Å². The number of thioether (sulfide) groups is 1. The minimum absolute atomic E-state index is 0.180. The van der Waals surface area contributed by atoms with Crippen LogP contribution in [-0.4, -0.2) is 40.7 Å². The molecule has 1 atom stereocenters. The molecule has 0 saturated heterocycles. The van der Waals surface area contributed by atoms with Crippen LogP contribution >= 0.6 is 11.8 Å². The van der Waals surface area contributed by atoms with Crippen molar-refractivity contribution < 1.29 is 14.7 Å². The topological polar surface area (TPSA) is 78.4 Å². The fraction of sp³-hybridized carbons (Fsp3) is 0.818. The fourth-order valence-corrected chi connectivity index (χ4v) is 2.67. The van der Waals surface area contributed by atoms with E-state index in [0.29, 0.717) is 5.25 Å². The van der Waals surface area contributed by atoms with Crippen LogP contribution in [-0.2, 0) is 4.79 Å². The molecule has 1 saturated carbocycles. The largest absolute Gasteiger partial charge is 0.480 e. The second-order valence-corrected chi connectivity index (χ2v) is 5.53. The average Bonchev–Trinajstić information content (AvgIpc) is 2.29. The highest BCUT2D eigenvalue weighted by atomic mass is 32.2. The van der Waals surface area contributed by atoms with Gasteiger partial charge in [-0.05, 0) is 38.9 Å². The number of hydrogen-bond acceptors (Lipinski definition) is 3. The highest BCUT2D eigenvalue weighted by molar-refractivity contribution is 7.99. The molecule has 3 N–H and O–H groups in total. The highest BCUT2D eigenvalue weighted by Gasteiger charge is 2.22. The number of hydrogen-bond donors (Lipinski definition) is 3. The molecule has 0 aromatic heterocycles. The zero-order valence-corrected chi connectivity index (χ0v) is 11.0. The van der Waals surface area contributed by atoms with E-state index in [-0.39, 0.29) is 12.1 Å². The molecule has 5 nitrogen and oxygen atoms in total. The third kappa shape index (κ3) is 4.85. The van der Waals surface area contributed by atoms with Crippen LogP contribution in [0.3, 0.4) is 0 Å². The van der Waals surface area contributed by atoms with E-state index >= 15 is 0 Å². The molecule has 1 fully saturated rings. The molecule has 0 bridgehead atoms. The van der Waals surface area contributed by atoms with E-state index < -0.39 is 12.0 Å². The average molecular weight is 260 g/mol. The van der Waals surface area contributed by atoms with Crippen LogP contribution in [0.25, 0.3) is 0 Å². The normalized spacial score (nSPS) is 26.0. The van der Waals surface area contributed by atoms with Gasteiger partial charge in [-0.25, -0.2) is 4.79 Å². The molecule has 17 heavy (non-hydrogen) atoms. The first-order valence-electron chi connectivity index (χ1n) is 5.85. The molecular formula is C11H20N2O3S. The Balaban J connectivity index is 2.26. The summed E-state index contributed by atoms with van der Waals surface area (Å²) < 4.78 is 0. The maximum Gasteiger partial charge on any atom is 0.325 e. The van der Waals surface area contributed by atoms with Gasteiger partial charge in [0.25, 0.3) is 0 Å². The van der Waals surface area contributed by atoms with E-state index in [4.69, 9.17) is 5.11 Å². The number of carbonyl (C=O) groups excluding carboxylic acids is 1. The maximum atomic E-state index is 11.5. The Hall–Kier alpha value is -0.910. The molecule has 0 unspecified atom stereocenters. The third-order valence-electron chi connectivity index (χ3n) is 3.06. The molecule has 1 aliphatic carbocycles. The number of carboxylic acid groups (broad SMARTS) is 1. The van der Waals surface area contributed by atoms with Crippen molar-refractivity contribution >= 4 is 23.8 Å². The Bertz CT molecular complexity index is 278. The van der Waals surface area contributed by atoms with E-state index in [1.165, 1.54) is 6.92 Å². The number of carbonyl (C=O) groups is 2. The Morgan fingerprint density at radius 3 is 2.35 bits per heavy atom. The van der Waals surface area contributed by atoms with Gasteiger partial charge >= 0.3 is 12.0 Å². The molecule has 0 heterocycles. The summed E-state index contributed by atoms with van der Waals surface area (Å²) >= 11 is 1.88. The monoisotopic (exact) mass is 260 g/mol. The fourth-order valence-electron chi connectivity index (χ4n) is 1.93. The predicted octanol–water partition coefficient (Wildman–Crippen LogP) is 1.43. The standard InChI is InChI=1S/C11H20N2O3S/c1-7(10(14)15)12-11(16)13-8-3-5-9(17-2)6-4-8/h7-9H,3-6H2,1-2H3,(H,14,15)(H2,12,13,16)/t7-,8?,9?/m1/s1. The van der Waals surface area contributed by atoms with E-state index in [0.717, 1.165) is 25.7 Å². The summed E-state index contributed by atoms with van der Waals surface area (Å²) in [5.74, 6) is -1.02. The lowest BCUT2D eigenvalue weighted by atomic mass is 9.95. The Labute approximate surface area is 106 Å². The first-order valence-corrected chi connectivity index (χ1v) is 7.14. The van der Waals surface area contributed by atoms with E-state index in [1.54, 1.807) is 0 Å². The Kier molecular flexibility index (Phi) is 5.61. The van der Waals surface area contributed by atoms with Crippen molar-refractivity contribution in [1.82, 2.24) is 10.6 Å². The second kappa shape index (κ2) is 6.74. The van der Waals surface area contributed by atoms with Crippen LogP contribution in [0.4, 0.5) is 4.79 Å². The quantitative estimate of drug-likeness (QED) is 0.714. The molecule has 0 aliphatic heterocycles. The molecular weight excluding hydrogens is 240 g/mol. The summed E-state index contributed by atoms with van der Waals surface area (Å²) in [6.45, 7) is 1.45. The van der Waals surface area contributed by atoms with Crippen molar-refractivity contribution in [2.75, 3.05) is 6.26 Å². The van der Waals surface area contributed by atoms with Crippen molar-refractivity contribution in [3.63, 3.8) is 0 Å². The van der Waals surface area contributed by atoms with Crippen LogP contribution in [0.1, 0.15) is 32.6 Å². The van der Waals surface area contributed by atoms with Gasteiger partial charge in [0.2, 0.25) is 0 Å². The lowest BCUT2D eigenvalue weighted by Gasteiger charge is -2.28. The first kappa shape index (κ1) is 14.2. The van der Waals surface area contributed by atoms with Crippen LogP contribution in [0.2, 0.25) is 0 Å². The number of urea groups is 1. The number of amides is 2. The molecule has 1 aliphatic rings. The highest BCUT2D eigenvalue weighted by Crippen LogP contribution is 2.26. The van der Waals surface area contributed by atoms with E-state index in [2.05, 4.69) is 16.9 Å². The molecule has 2 amide bonds. The van der Waals surface area contributed by atoms with Gasteiger partial charge in [0.1, 0.15) is 6.04 Å². The second-order valence-electron chi connectivity index (χ2n) is 4.39. The van der Waals surface area contributed by atoms with Crippen molar-refractivity contribution in [1.29, 1.82) is 0 Å². The molecule has 98 valence electrons. The van der Waals surface area contributed by atoms with Gasteiger partial charge in [-0.15, -0.1) is 0 Å². The Morgan fingerprint density at radius 1 is 1.29 bits per heavy atom. The minimum atomic E-state index is -1.02. The lowest BCUT2D eigenvalue weighted by molar-refractivity contribution is -0.138. The SMILES string of the molecule is CSC1CCC(NC(=O)N[C@H](C)C(=O)O)CC1. The van der Waals surface area contributed by atoms with Crippen molar-refractivity contribution in [3.05, 3.63) is 0 Å². The molecule has 0 spiro atoms. The number of rotatable bonds is 4. The zero-order chi connectivity index (χ0) is 12.8. The van der Waals surface area contributed by atoms with Gasteiger partial charge in [0, 0.05) is 11.3 Å². The Morgan fingerprint density at radius 2 is 1.88 bits per heavy atom. The molecule has 6 heteroatoms. The van der Waals surface area contributed by atoms with Gasteiger partial charge in [-0.1, -0.05) is 0 Å². The summed E-state index contributed by atoms with van der Waals surface area (Å²) in [5.41, 5.74) is 0. The zero-order valence-electron chi connectivity index (χ0n) is 10.2. The van der Waals surface area contributed by atoms with Gasteiger partial charge in [0.05, 0.1) is 0 Å². The summed E-state index contributed by atoms with van der Waals surface area (Å²) in [5, 5.41) is 14.6. The maximum absolute atomic E-state index is 11.5. The molecule has 0 aromatic carbocycles. The van der Waals surface area contributed by atoms with Crippen molar-refractivity contribution in [2.45, 2.75) is 49.9 Å². The van der Waals surface area contributed by atoms with Crippen LogP contribution in [0.5, 0.6) is 0 Å². The van der Waals surface area contributed by atoms with Gasteiger partial charge in [-0.2, -0.15) is 11.8 Å². The predicted molar refractivity (Wildman–Crippen MR) is 68.3 cm³/mol. The summed E-state index contributed by atoms with van der Waals surface area (Å²) in [7, 11) is 0. The van der Waals surface area contributed by atoms with E-state index in [9.17, 15) is 9.59 Å². The minimum Gasteiger partial charge on any atom is -0.480 e. The van der Waals surface area contributed by atoms with Gasteiger partial charge in [-0.3, -0.25) is 4.79 Å². The molecule has 0 radical (unpaired) electrons. The van der Waals surface area contributed by atoms with Gasteiger partial charge in [0.15, 0.2) is 0 Å². The summed E-state index contributed by atoms with van der Waals surface area (Å²) in [6, 6.07) is -1.05. The summed E-state index contributed by atoms with van der Waals surface area (Å²) in [4.78, 5) is 22.1. The van der Waals surface area contributed by atoms with Crippen LogP contribution < -0.4 is 10.6 Å².